The van der Waals surface area contributed by atoms with Gasteiger partial charge in [-0.15, -0.1) is 0 Å². The van der Waals surface area contributed by atoms with Gasteiger partial charge in [0.05, 0.1) is 0 Å². The molecule has 0 aliphatic carbocycles. The molecule has 1 nitrogen and oxygen atoms in total. The van der Waals surface area contributed by atoms with Crippen molar-refractivity contribution < 1.29 is 4.74 Å². The minimum atomic E-state index is 0.900. The number of hydrogen-bond acceptors (Lipinski definition) is 1. The molecule has 130 valence electrons. The van der Waals surface area contributed by atoms with Gasteiger partial charge >= 0.3 is 0 Å². The van der Waals surface area contributed by atoms with Crippen molar-refractivity contribution >= 4 is 15.9 Å². The van der Waals surface area contributed by atoms with Crippen molar-refractivity contribution in [2.75, 3.05) is 0 Å². The van der Waals surface area contributed by atoms with E-state index in [9.17, 15) is 0 Å². The predicted molar refractivity (Wildman–Crippen MR) is 107 cm³/mol. The highest BCUT2D eigenvalue weighted by molar-refractivity contribution is 9.10. The van der Waals surface area contributed by atoms with Gasteiger partial charge in [-0.25, -0.2) is 0 Å². The molecule has 0 fully saturated rings. The van der Waals surface area contributed by atoms with E-state index in [0.717, 1.165) is 22.4 Å². The molecule has 0 radical (unpaired) electrons. The summed E-state index contributed by atoms with van der Waals surface area (Å²) in [5.74, 6) is 1.88. The minimum Gasteiger partial charge on any atom is -0.457 e. The molecule has 0 saturated carbocycles. The van der Waals surface area contributed by atoms with E-state index in [1.807, 2.05) is 30.3 Å². The van der Waals surface area contributed by atoms with Crippen LogP contribution in [0.3, 0.4) is 0 Å². The summed E-state index contributed by atoms with van der Waals surface area (Å²) < 4.78 is 7.19. The van der Waals surface area contributed by atoms with Crippen LogP contribution < -0.4 is 4.74 Å². The molecule has 24 heavy (non-hydrogen) atoms. The lowest BCUT2D eigenvalue weighted by atomic mass is 10.0. The number of halogens is 1. The van der Waals surface area contributed by atoms with Crippen molar-refractivity contribution in [3.8, 4) is 11.5 Å². The number of rotatable bonds is 11. The Morgan fingerprint density at radius 2 is 1.46 bits per heavy atom. The van der Waals surface area contributed by atoms with E-state index in [2.05, 4.69) is 41.1 Å². The average Bonchev–Trinajstić information content (AvgIpc) is 2.60. The summed E-state index contributed by atoms with van der Waals surface area (Å²) >= 11 is 3.58. The van der Waals surface area contributed by atoms with E-state index in [0.29, 0.717) is 0 Å². The molecule has 0 unspecified atom stereocenters. The normalized spacial score (nSPS) is 10.8. The summed E-state index contributed by atoms with van der Waals surface area (Å²) in [6.45, 7) is 2.27. The third kappa shape index (κ3) is 7.09. The molecule has 0 N–H and O–H groups in total. The van der Waals surface area contributed by atoms with E-state index >= 15 is 0 Å². The van der Waals surface area contributed by atoms with Crippen molar-refractivity contribution in [2.45, 2.75) is 64.7 Å². The molecule has 0 atom stereocenters. The van der Waals surface area contributed by atoms with Crippen LogP contribution in [0.15, 0.2) is 53.0 Å². The number of aryl methyl sites for hydroxylation is 1. The number of hydrogen-bond donors (Lipinski definition) is 0. The van der Waals surface area contributed by atoms with Crippen LogP contribution in [0.25, 0.3) is 0 Å². The van der Waals surface area contributed by atoms with Gasteiger partial charge < -0.3 is 4.74 Å². The van der Waals surface area contributed by atoms with Gasteiger partial charge in [-0.1, -0.05) is 86.0 Å². The summed E-state index contributed by atoms with van der Waals surface area (Å²) in [5, 5.41) is 0. The van der Waals surface area contributed by atoms with Crippen LogP contribution in [0, 0.1) is 0 Å². The number of para-hydroxylation sites is 1. The molecule has 0 aromatic heterocycles. The predicted octanol–water partition coefficient (Wildman–Crippen LogP) is 7.92. The van der Waals surface area contributed by atoms with Crippen molar-refractivity contribution in [1.29, 1.82) is 0 Å². The topological polar surface area (TPSA) is 9.23 Å². The minimum absolute atomic E-state index is 0.900. The molecule has 0 amide bonds. The highest BCUT2D eigenvalue weighted by atomic mass is 79.9. The third-order valence-electron chi connectivity index (χ3n) is 4.29. The van der Waals surface area contributed by atoms with Gasteiger partial charge in [0, 0.05) is 4.47 Å². The summed E-state index contributed by atoms with van der Waals surface area (Å²) in [7, 11) is 0. The smallest absolute Gasteiger partial charge is 0.130 e. The highest BCUT2D eigenvalue weighted by Gasteiger charge is 2.06. The van der Waals surface area contributed by atoms with E-state index in [4.69, 9.17) is 4.74 Å². The summed E-state index contributed by atoms with van der Waals surface area (Å²) in [4.78, 5) is 0. The second-order valence-electron chi connectivity index (χ2n) is 6.39. The Bertz CT molecular complexity index is 580. The molecular weight excluding hydrogens is 360 g/mol. The maximum atomic E-state index is 6.07. The molecule has 0 aliphatic rings. The molecule has 0 bridgehead atoms. The summed E-state index contributed by atoms with van der Waals surface area (Å²) in [5.41, 5.74) is 1.29. The van der Waals surface area contributed by atoms with E-state index in [1.165, 1.54) is 56.9 Å². The monoisotopic (exact) mass is 388 g/mol. The lowest BCUT2D eigenvalue weighted by molar-refractivity contribution is 0.474. The fourth-order valence-electron chi connectivity index (χ4n) is 2.91. The highest BCUT2D eigenvalue weighted by Crippen LogP contribution is 2.29. The Kier molecular flexibility index (Phi) is 8.97. The quantitative estimate of drug-likeness (QED) is 0.355. The first-order chi connectivity index (χ1) is 11.8. The van der Waals surface area contributed by atoms with Gasteiger partial charge in [0.25, 0.3) is 0 Å². The zero-order valence-electron chi connectivity index (χ0n) is 14.8. The lowest BCUT2D eigenvalue weighted by Crippen LogP contribution is -1.93. The number of benzene rings is 2. The van der Waals surface area contributed by atoms with Crippen LogP contribution >= 0.6 is 15.9 Å². The van der Waals surface area contributed by atoms with Crippen molar-refractivity contribution in [3.05, 3.63) is 58.6 Å². The Balaban J connectivity index is 1.80. The van der Waals surface area contributed by atoms with Crippen LogP contribution in [0.1, 0.15) is 63.9 Å². The van der Waals surface area contributed by atoms with E-state index in [-0.39, 0.29) is 0 Å². The SMILES string of the molecule is CCCCCCCCCCc1cc(Br)ccc1Oc1ccccc1. The van der Waals surface area contributed by atoms with Crippen LogP contribution in [0.5, 0.6) is 11.5 Å². The van der Waals surface area contributed by atoms with Gasteiger partial charge in [-0.05, 0) is 48.7 Å². The van der Waals surface area contributed by atoms with Crippen LogP contribution in [-0.2, 0) is 6.42 Å². The van der Waals surface area contributed by atoms with Crippen molar-refractivity contribution in [1.82, 2.24) is 0 Å². The van der Waals surface area contributed by atoms with Gasteiger partial charge in [0.1, 0.15) is 11.5 Å². The fraction of sp³-hybridized carbons (Fsp3) is 0.455. The molecule has 2 aromatic carbocycles. The molecule has 0 aliphatic heterocycles. The molecule has 2 rings (SSSR count). The molecule has 2 aromatic rings. The van der Waals surface area contributed by atoms with E-state index in [1.54, 1.807) is 0 Å². The van der Waals surface area contributed by atoms with Crippen LogP contribution in [0.4, 0.5) is 0 Å². The van der Waals surface area contributed by atoms with Crippen LogP contribution in [0.2, 0.25) is 0 Å². The Labute approximate surface area is 155 Å². The summed E-state index contributed by atoms with van der Waals surface area (Å²) in [6.07, 6.45) is 11.9. The third-order valence-corrected chi connectivity index (χ3v) is 4.79. The average molecular weight is 389 g/mol. The second kappa shape index (κ2) is 11.3. The van der Waals surface area contributed by atoms with Crippen molar-refractivity contribution in [3.63, 3.8) is 0 Å². The number of ether oxygens (including phenoxy) is 1. The maximum Gasteiger partial charge on any atom is 0.130 e. The first-order valence-corrected chi connectivity index (χ1v) is 10.1. The maximum absolute atomic E-state index is 6.07. The Hall–Kier alpha value is -1.28. The molecule has 0 heterocycles. The molecule has 0 saturated heterocycles. The van der Waals surface area contributed by atoms with Gasteiger partial charge in [0.15, 0.2) is 0 Å². The summed E-state index contributed by atoms with van der Waals surface area (Å²) in [6, 6.07) is 16.3. The fourth-order valence-corrected chi connectivity index (χ4v) is 3.32. The second-order valence-corrected chi connectivity index (χ2v) is 7.31. The molecule has 0 spiro atoms. The zero-order valence-corrected chi connectivity index (χ0v) is 16.4. The Morgan fingerprint density at radius 3 is 2.17 bits per heavy atom. The van der Waals surface area contributed by atoms with Gasteiger partial charge in [-0.3, -0.25) is 0 Å². The van der Waals surface area contributed by atoms with Gasteiger partial charge in [-0.2, -0.15) is 0 Å². The standard InChI is InChI=1S/C22H29BrO/c1-2-3-4-5-6-7-8-10-13-19-18-20(23)16-17-22(19)24-21-14-11-9-12-15-21/h9,11-12,14-18H,2-8,10,13H2,1H3. The van der Waals surface area contributed by atoms with E-state index < -0.39 is 0 Å². The van der Waals surface area contributed by atoms with Crippen molar-refractivity contribution in [2.24, 2.45) is 0 Å². The molecule has 2 heteroatoms. The molecular formula is C22H29BrO. The van der Waals surface area contributed by atoms with Gasteiger partial charge in [0.2, 0.25) is 0 Å². The first-order valence-electron chi connectivity index (χ1n) is 9.31. The first kappa shape index (κ1) is 19.1. The largest absolute Gasteiger partial charge is 0.457 e. The number of unbranched alkanes of at least 4 members (excludes halogenated alkanes) is 7. The van der Waals surface area contributed by atoms with Crippen LogP contribution in [-0.4, -0.2) is 0 Å². The Morgan fingerprint density at radius 1 is 0.792 bits per heavy atom. The lowest BCUT2D eigenvalue weighted by Gasteiger charge is -2.12. The zero-order chi connectivity index (χ0) is 17.0.